The molecule has 1 aromatic carbocycles. The molecule has 0 saturated carbocycles. The van der Waals surface area contributed by atoms with E-state index in [1.807, 2.05) is 24.3 Å². The predicted molar refractivity (Wildman–Crippen MR) is 94.6 cm³/mol. The van der Waals surface area contributed by atoms with Crippen LogP contribution in [0, 0.1) is 5.82 Å². The lowest BCUT2D eigenvalue weighted by Gasteiger charge is -2.07. The quantitative estimate of drug-likeness (QED) is 0.663. The smallest absolute Gasteiger partial charge is 0.337 e. The molecule has 0 N–H and O–H groups in total. The van der Waals surface area contributed by atoms with E-state index in [1.54, 1.807) is 18.3 Å². The number of carbonyl (C=O) groups is 1. The highest BCUT2D eigenvalue weighted by molar-refractivity contribution is 5.89. The highest BCUT2D eigenvalue weighted by Gasteiger charge is 2.07. The monoisotopic (exact) mass is 352 g/mol. The molecule has 0 radical (unpaired) electrons. The molecule has 132 valence electrons. The Balaban J connectivity index is 1.73. The zero-order valence-corrected chi connectivity index (χ0v) is 14.2. The lowest BCUT2D eigenvalue weighted by Crippen LogP contribution is -2.19. The molecule has 2 aromatic heterocycles. The van der Waals surface area contributed by atoms with Crippen molar-refractivity contribution in [1.29, 1.82) is 0 Å². The largest absolute Gasteiger partial charge is 0.465 e. The topological polar surface area (TPSA) is 61.2 Å². The first-order valence-corrected chi connectivity index (χ1v) is 8.02. The number of rotatable bonds is 5. The van der Waals surface area contributed by atoms with Crippen LogP contribution in [0.5, 0.6) is 0 Å². The van der Waals surface area contributed by atoms with Crippen LogP contribution in [0.1, 0.15) is 27.2 Å². The van der Waals surface area contributed by atoms with Crippen LogP contribution in [0.2, 0.25) is 0 Å². The SMILES string of the molecule is COC(=O)c1ccnc(Cc2ccc(Cn3cc(F)ccc3=O)cc2)c1. The first kappa shape index (κ1) is 17.5. The van der Waals surface area contributed by atoms with Gasteiger partial charge in [0, 0.05) is 30.6 Å². The van der Waals surface area contributed by atoms with Gasteiger partial charge in [-0.2, -0.15) is 0 Å². The van der Waals surface area contributed by atoms with Crippen molar-refractivity contribution >= 4 is 5.97 Å². The summed E-state index contributed by atoms with van der Waals surface area (Å²) in [6.07, 6.45) is 3.33. The molecule has 0 saturated heterocycles. The standard InChI is InChI=1S/C20H17FN2O3/c1-26-20(25)16-8-9-22-18(11-16)10-14-2-4-15(5-3-14)12-23-13-17(21)6-7-19(23)24/h2-9,11,13H,10,12H2,1H3. The summed E-state index contributed by atoms with van der Waals surface area (Å²) >= 11 is 0. The van der Waals surface area contributed by atoms with Gasteiger partial charge in [0.2, 0.25) is 0 Å². The fraction of sp³-hybridized carbons (Fsp3) is 0.150. The van der Waals surface area contributed by atoms with Crippen molar-refractivity contribution < 1.29 is 13.9 Å². The second-order valence-corrected chi connectivity index (χ2v) is 5.83. The van der Waals surface area contributed by atoms with Crippen molar-refractivity contribution in [3.05, 3.63) is 99.5 Å². The number of methoxy groups -OCH3 is 1. The molecule has 0 spiro atoms. The van der Waals surface area contributed by atoms with Crippen molar-refractivity contribution in [2.24, 2.45) is 0 Å². The van der Waals surface area contributed by atoms with E-state index in [9.17, 15) is 14.0 Å². The number of halogens is 1. The Bertz CT molecular complexity index is 981. The number of hydrogen-bond acceptors (Lipinski definition) is 4. The molecular formula is C20H17FN2O3. The third-order valence-electron chi connectivity index (χ3n) is 3.95. The lowest BCUT2D eigenvalue weighted by molar-refractivity contribution is 0.0600. The zero-order valence-electron chi connectivity index (χ0n) is 14.2. The Kier molecular flexibility index (Phi) is 5.22. The number of benzene rings is 1. The molecule has 0 atom stereocenters. The summed E-state index contributed by atoms with van der Waals surface area (Å²) in [5, 5.41) is 0. The molecule has 2 heterocycles. The van der Waals surface area contributed by atoms with E-state index in [-0.39, 0.29) is 5.56 Å². The molecule has 0 fully saturated rings. The molecule has 0 bridgehead atoms. The van der Waals surface area contributed by atoms with Crippen molar-refractivity contribution in [2.45, 2.75) is 13.0 Å². The lowest BCUT2D eigenvalue weighted by atomic mass is 10.1. The molecule has 5 nitrogen and oxygen atoms in total. The molecule has 0 aliphatic heterocycles. The Labute approximate surface area is 149 Å². The number of nitrogens with zero attached hydrogens (tertiary/aromatic N) is 2. The van der Waals surface area contributed by atoms with Crippen LogP contribution < -0.4 is 5.56 Å². The maximum Gasteiger partial charge on any atom is 0.337 e. The molecule has 0 aliphatic rings. The molecule has 0 unspecified atom stereocenters. The normalized spacial score (nSPS) is 10.5. The Hall–Kier alpha value is -3.28. The second-order valence-electron chi connectivity index (χ2n) is 5.83. The summed E-state index contributed by atoms with van der Waals surface area (Å²) in [6, 6.07) is 13.3. The van der Waals surface area contributed by atoms with Crippen LogP contribution in [0.4, 0.5) is 4.39 Å². The Morgan fingerprint density at radius 2 is 1.85 bits per heavy atom. The first-order chi connectivity index (χ1) is 12.5. The molecule has 3 aromatic rings. The van der Waals surface area contributed by atoms with Gasteiger partial charge >= 0.3 is 5.97 Å². The fourth-order valence-corrected chi connectivity index (χ4v) is 2.61. The number of aromatic nitrogens is 2. The van der Waals surface area contributed by atoms with Gasteiger partial charge in [0.05, 0.1) is 19.2 Å². The van der Waals surface area contributed by atoms with E-state index in [0.717, 1.165) is 22.9 Å². The third-order valence-corrected chi connectivity index (χ3v) is 3.95. The van der Waals surface area contributed by atoms with Gasteiger partial charge in [0.25, 0.3) is 5.56 Å². The van der Waals surface area contributed by atoms with Gasteiger partial charge in [0.1, 0.15) is 5.82 Å². The van der Waals surface area contributed by atoms with Crippen LogP contribution >= 0.6 is 0 Å². The summed E-state index contributed by atoms with van der Waals surface area (Å²) in [6.45, 7) is 0.299. The van der Waals surface area contributed by atoms with Crippen LogP contribution in [-0.2, 0) is 17.7 Å². The van der Waals surface area contributed by atoms with E-state index in [2.05, 4.69) is 4.98 Å². The summed E-state index contributed by atoms with van der Waals surface area (Å²) in [4.78, 5) is 27.6. The summed E-state index contributed by atoms with van der Waals surface area (Å²) in [5.41, 5.74) is 2.86. The van der Waals surface area contributed by atoms with E-state index in [1.165, 1.54) is 23.9 Å². The summed E-state index contributed by atoms with van der Waals surface area (Å²) < 4.78 is 19.3. The maximum atomic E-state index is 13.3. The number of hydrogen-bond donors (Lipinski definition) is 0. The number of esters is 1. The second kappa shape index (κ2) is 7.74. The van der Waals surface area contributed by atoms with Crippen molar-refractivity contribution in [1.82, 2.24) is 9.55 Å². The minimum Gasteiger partial charge on any atom is -0.465 e. The minimum absolute atomic E-state index is 0.251. The van der Waals surface area contributed by atoms with E-state index in [0.29, 0.717) is 18.5 Å². The van der Waals surface area contributed by atoms with Gasteiger partial charge in [-0.1, -0.05) is 24.3 Å². The highest BCUT2D eigenvalue weighted by atomic mass is 19.1. The Morgan fingerprint density at radius 3 is 2.58 bits per heavy atom. The van der Waals surface area contributed by atoms with Gasteiger partial charge in [-0.3, -0.25) is 9.78 Å². The molecule has 3 rings (SSSR count). The van der Waals surface area contributed by atoms with E-state index < -0.39 is 11.8 Å². The fourth-order valence-electron chi connectivity index (χ4n) is 2.61. The molecule has 26 heavy (non-hydrogen) atoms. The van der Waals surface area contributed by atoms with Gasteiger partial charge in [-0.05, 0) is 29.3 Å². The van der Waals surface area contributed by atoms with Crippen molar-refractivity contribution in [2.75, 3.05) is 7.11 Å². The van der Waals surface area contributed by atoms with Crippen molar-refractivity contribution in [3.63, 3.8) is 0 Å². The van der Waals surface area contributed by atoms with Crippen LogP contribution in [0.15, 0.2) is 65.7 Å². The number of pyridine rings is 2. The summed E-state index contributed by atoms with van der Waals surface area (Å²) in [7, 11) is 1.34. The highest BCUT2D eigenvalue weighted by Crippen LogP contribution is 2.12. The third kappa shape index (κ3) is 4.22. The molecule has 0 aliphatic carbocycles. The van der Waals surface area contributed by atoms with Crippen LogP contribution in [0.3, 0.4) is 0 Å². The minimum atomic E-state index is -0.446. The average molecular weight is 352 g/mol. The zero-order chi connectivity index (χ0) is 18.5. The van der Waals surface area contributed by atoms with Gasteiger partial charge in [-0.15, -0.1) is 0 Å². The van der Waals surface area contributed by atoms with Gasteiger partial charge < -0.3 is 9.30 Å². The maximum absolute atomic E-state index is 13.3. The van der Waals surface area contributed by atoms with Crippen molar-refractivity contribution in [3.8, 4) is 0 Å². The molecule has 0 amide bonds. The summed E-state index contributed by atoms with van der Waals surface area (Å²) in [5.74, 6) is -0.845. The average Bonchev–Trinajstić information content (AvgIpc) is 2.66. The van der Waals surface area contributed by atoms with E-state index in [4.69, 9.17) is 4.74 Å². The molecular weight excluding hydrogens is 335 g/mol. The van der Waals surface area contributed by atoms with Gasteiger partial charge in [0.15, 0.2) is 0 Å². The van der Waals surface area contributed by atoms with Gasteiger partial charge in [-0.25, -0.2) is 9.18 Å². The molecule has 6 heteroatoms. The van der Waals surface area contributed by atoms with Crippen LogP contribution in [-0.4, -0.2) is 22.6 Å². The predicted octanol–water partition coefficient (Wildman–Crippen LogP) is 2.81. The van der Waals surface area contributed by atoms with Crippen LogP contribution in [0.25, 0.3) is 0 Å². The number of carbonyl (C=O) groups excluding carboxylic acids is 1. The first-order valence-electron chi connectivity index (χ1n) is 8.02. The van der Waals surface area contributed by atoms with E-state index >= 15 is 0 Å². The Morgan fingerprint density at radius 1 is 1.12 bits per heavy atom. The number of ether oxygens (including phenoxy) is 1.